The molecule has 20 heavy (non-hydrogen) atoms. The fourth-order valence-corrected chi connectivity index (χ4v) is 2.73. The number of ether oxygens (including phenoxy) is 1. The summed E-state index contributed by atoms with van der Waals surface area (Å²) in [6, 6.07) is 12.7. The first-order valence-corrected chi connectivity index (χ1v) is 6.87. The molecule has 1 aliphatic rings. The van der Waals surface area contributed by atoms with E-state index in [1.807, 2.05) is 24.3 Å². The van der Waals surface area contributed by atoms with Crippen molar-refractivity contribution in [2.24, 2.45) is 5.73 Å². The second kappa shape index (κ2) is 5.08. The lowest BCUT2D eigenvalue weighted by Gasteiger charge is -2.34. The van der Waals surface area contributed by atoms with Gasteiger partial charge < -0.3 is 10.5 Å². The summed E-state index contributed by atoms with van der Waals surface area (Å²) in [6.07, 6.45) is 1.27. The van der Waals surface area contributed by atoms with Gasteiger partial charge in [0.15, 0.2) is 0 Å². The smallest absolute Gasteiger partial charge is 0.142 e. The van der Waals surface area contributed by atoms with Gasteiger partial charge in [0.05, 0.1) is 10.6 Å². The Hall–Kier alpha value is -1.58. The van der Waals surface area contributed by atoms with E-state index < -0.39 is 11.4 Å². The molecule has 2 nitrogen and oxygen atoms in total. The summed E-state index contributed by atoms with van der Waals surface area (Å²) >= 11 is 5.69. The van der Waals surface area contributed by atoms with Crippen molar-refractivity contribution in [1.29, 1.82) is 0 Å². The van der Waals surface area contributed by atoms with Gasteiger partial charge in [-0.3, -0.25) is 0 Å². The van der Waals surface area contributed by atoms with Gasteiger partial charge in [-0.15, -0.1) is 0 Å². The van der Waals surface area contributed by atoms with Crippen LogP contribution in [0.4, 0.5) is 4.39 Å². The first kappa shape index (κ1) is 13.4. The lowest BCUT2D eigenvalue weighted by molar-refractivity contribution is 0.190. The number of hydrogen-bond acceptors (Lipinski definition) is 2. The average molecular weight is 292 g/mol. The lowest BCUT2D eigenvalue weighted by Crippen LogP contribution is -2.51. The fraction of sp³-hybridized carbons (Fsp3) is 0.250. The molecular formula is C16H15ClFNO. The minimum absolute atomic E-state index is 0.130. The Morgan fingerprint density at radius 2 is 2.05 bits per heavy atom. The molecule has 2 aromatic rings. The number of benzene rings is 2. The molecule has 4 heteroatoms. The van der Waals surface area contributed by atoms with Crippen molar-refractivity contribution in [3.05, 3.63) is 64.4 Å². The minimum Gasteiger partial charge on any atom is -0.491 e. The summed E-state index contributed by atoms with van der Waals surface area (Å²) in [5.41, 5.74) is 7.82. The maximum absolute atomic E-state index is 13.5. The van der Waals surface area contributed by atoms with Crippen molar-refractivity contribution in [2.75, 3.05) is 6.61 Å². The highest BCUT2D eigenvalue weighted by molar-refractivity contribution is 6.30. The van der Waals surface area contributed by atoms with Crippen LogP contribution in [-0.4, -0.2) is 12.1 Å². The highest BCUT2D eigenvalue weighted by Gasteiger charge is 2.32. The quantitative estimate of drug-likeness (QED) is 0.921. The van der Waals surface area contributed by atoms with Crippen LogP contribution in [-0.2, 0) is 12.8 Å². The van der Waals surface area contributed by atoms with E-state index in [9.17, 15) is 4.39 Å². The SMILES string of the molecule is NC1(Cc2ccc(Cl)c(F)c2)COc2ccccc2C1. The van der Waals surface area contributed by atoms with Gasteiger partial charge in [0, 0.05) is 0 Å². The Labute approximate surface area is 122 Å². The van der Waals surface area contributed by atoms with E-state index in [2.05, 4.69) is 0 Å². The molecule has 0 saturated carbocycles. The van der Waals surface area contributed by atoms with E-state index >= 15 is 0 Å². The Morgan fingerprint density at radius 3 is 2.85 bits per heavy atom. The molecule has 0 bridgehead atoms. The lowest BCUT2D eigenvalue weighted by atomic mass is 9.84. The minimum atomic E-state index is -0.519. The van der Waals surface area contributed by atoms with Gasteiger partial charge in [0.1, 0.15) is 18.2 Å². The normalized spacial score (nSPS) is 21.1. The van der Waals surface area contributed by atoms with Crippen LogP contribution < -0.4 is 10.5 Å². The predicted molar refractivity (Wildman–Crippen MR) is 77.7 cm³/mol. The maximum atomic E-state index is 13.5. The highest BCUT2D eigenvalue weighted by Crippen LogP contribution is 2.30. The number of fused-ring (bicyclic) bond motifs is 1. The Kier molecular flexibility index (Phi) is 3.40. The van der Waals surface area contributed by atoms with Crippen LogP contribution in [0.3, 0.4) is 0 Å². The highest BCUT2D eigenvalue weighted by atomic mass is 35.5. The largest absolute Gasteiger partial charge is 0.491 e. The van der Waals surface area contributed by atoms with Gasteiger partial charge >= 0.3 is 0 Å². The van der Waals surface area contributed by atoms with Gasteiger partial charge in [-0.05, 0) is 42.2 Å². The maximum Gasteiger partial charge on any atom is 0.142 e. The zero-order chi connectivity index (χ0) is 14.2. The standard InChI is InChI=1S/C16H15ClFNO/c17-13-6-5-11(7-14(13)18)8-16(19)9-12-3-1-2-4-15(12)20-10-16/h1-7H,8-10,19H2. The number of hydrogen-bond donors (Lipinski definition) is 1. The molecule has 0 amide bonds. The third-order valence-electron chi connectivity index (χ3n) is 3.57. The molecule has 1 heterocycles. The second-order valence-electron chi connectivity index (χ2n) is 5.36. The van der Waals surface area contributed by atoms with Crippen LogP contribution in [0.1, 0.15) is 11.1 Å². The molecule has 104 valence electrons. The summed E-state index contributed by atoms with van der Waals surface area (Å²) in [7, 11) is 0. The van der Waals surface area contributed by atoms with Crippen molar-refractivity contribution < 1.29 is 9.13 Å². The predicted octanol–water partition coefficient (Wildman–Crippen LogP) is 3.35. The van der Waals surface area contributed by atoms with Gasteiger partial charge in [0.2, 0.25) is 0 Å². The molecule has 1 atom stereocenters. The molecule has 0 saturated heterocycles. The monoisotopic (exact) mass is 291 g/mol. The van der Waals surface area contributed by atoms with Gasteiger partial charge in [-0.2, -0.15) is 0 Å². The zero-order valence-electron chi connectivity index (χ0n) is 10.9. The third-order valence-corrected chi connectivity index (χ3v) is 3.88. The summed E-state index contributed by atoms with van der Waals surface area (Å²) in [4.78, 5) is 0. The van der Waals surface area contributed by atoms with Crippen LogP contribution in [0.5, 0.6) is 5.75 Å². The van der Waals surface area contributed by atoms with Crippen LogP contribution in [0.15, 0.2) is 42.5 Å². The summed E-state index contributed by atoms with van der Waals surface area (Å²) in [5.74, 6) is 0.473. The number of rotatable bonds is 2. The average Bonchev–Trinajstić information content (AvgIpc) is 2.42. The second-order valence-corrected chi connectivity index (χ2v) is 5.77. The number of nitrogens with two attached hydrogens (primary N) is 1. The fourth-order valence-electron chi connectivity index (χ4n) is 2.61. The molecule has 0 aromatic heterocycles. The third kappa shape index (κ3) is 2.65. The molecule has 2 aromatic carbocycles. The van der Waals surface area contributed by atoms with Crippen molar-refractivity contribution in [2.45, 2.75) is 18.4 Å². The van der Waals surface area contributed by atoms with Crippen LogP contribution in [0.2, 0.25) is 5.02 Å². The molecule has 0 spiro atoms. The van der Waals surface area contributed by atoms with Gasteiger partial charge in [-0.1, -0.05) is 35.9 Å². The molecule has 0 fully saturated rings. The Morgan fingerprint density at radius 1 is 1.25 bits per heavy atom. The number of para-hydroxylation sites is 1. The van der Waals surface area contributed by atoms with E-state index in [0.717, 1.165) is 16.9 Å². The Bertz CT molecular complexity index is 646. The van der Waals surface area contributed by atoms with Crippen molar-refractivity contribution in [1.82, 2.24) is 0 Å². The van der Waals surface area contributed by atoms with E-state index in [-0.39, 0.29) is 5.02 Å². The molecule has 1 unspecified atom stereocenters. The van der Waals surface area contributed by atoms with Crippen LogP contribution >= 0.6 is 11.6 Å². The van der Waals surface area contributed by atoms with Crippen molar-refractivity contribution in [3.63, 3.8) is 0 Å². The van der Waals surface area contributed by atoms with Crippen LogP contribution in [0, 0.1) is 5.82 Å². The number of halogens is 2. The molecule has 0 radical (unpaired) electrons. The van der Waals surface area contributed by atoms with E-state index in [1.165, 1.54) is 6.07 Å². The van der Waals surface area contributed by atoms with Gasteiger partial charge in [0.25, 0.3) is 0 Å². The molecule has 2 N–H and O–H groups in total. The van der Waals surface area contributed by atoms with E-state index in [4.69, 9.17) is 22.1 Å². The van der Waals surface area contributed by atoms with E-state index in [1.54, 1.807) is 12.1 Å². The summed E-state index contributed by atoms with van der Waals surface area (Å²) in [6.45, 7) is 0.425. The molecular weight excluding hydrogens is 277 g/mol. The molecule has 0 aliphatic carbocycles. The van der Waals surface area contributed by atoms with Crippen molar-refractivity contribution >= 4 is 11.6 Å². The summed E-state index contributed by atoms with van der Waals surface area (Å²) in [5, 5.41) is 0.130. The first-order chi connectivity index (χ1) is 9.56. The topological polar surface area (TPSA) is 35.2 Å². The van der Waals surface area contributed by atoms with E-state index in [0.29, 0.717) is 19.4 Å². The summed E-state index contributed by atoms with van der Waals surface area (Å²) < 4.78 is 19.2. The zero-order valence-corrected chi connectivity index (χ0v) is 11.7. The Balaban J connectivity index is 1.82. The first-order valence-electron chi connectivity index (χ1n) is 6.49. The van der Waals surface area contributed by atoms with Crippen LogP contribution in [0.25, 0.3) is 0 Å². The molecule has 1 aliphatic heterocycles. The molecule has 3 rings (SSSR count). The van der Waals surface area contributed by atoms with Crippen molar-refractivity contribution in [3.8, 4) is 5.75 Å². The van der Waals surface area contributed by atoms with Gasteiger partial charge in [-0.25, -0.2) is 4.39 Å².